The van der Waals surface area contributed by atoms with E-state index >= 15 is 0 Å². The van der Waals surface area contributed by atoms with Crippen LogP contribution in [0.2, 0.25) is 0 Å². The highest BCUT2D eigenvalue weighted by atomic mass is 14.8. The van der Waals surface area contributed by atoms with Gasteiger partial charge in [0, 0.05) is 24.3 Å². The number of rotatable bonds is 4. The van der Waals surface area contributed by atoms with Gasteiger partial charge >= 0.3 is 0 Å². The topological polar surface area (TPSA) is 24.7 Å². The zero-order valence-corrected chi connectivity index (χ0v) is 24.3. The average molecular weight is 553 g/mol. The van der Waals surface area contributed by atoms with Crippen LogP contribution in [0.3, 0.4) is 0 Å². The second-order valence-electron chi connectivity index (χ2n) is 11.8. The number of allylic oxidation sites excluding steroid dienone is 2. The highest BCUT2D eigenvalue weighted by Gasteiger charge is 2.20. The fourth-order valence-electron chi connectivity index (χ4n) is 6.89. The van der Waals surface area contributed by atoms with Crippen molar-refractivity contribution in [2.24, 2.45) is 15.9 Å². The molecule has 8 rings (SSSR count). The van der Waals surface area contributed by atoms with Gasteiger partial charge in [-0.3, -0.25) is 9.98 Å². The lowest BCUT2D eigenvalue weighted by atomic mass is 9.85. The van der Waals surface area contributed by atoms with E-state index in [4.69, 9.17) is 4.99 Å². The van der Waals surface area contributed by atoms with Crippen molar-refractivity contribution < 1.29 is 0 Å². The molecule has 0 spiro atoms. The van der Waals surface area contributed by atoms with Crippen LogP contribution in [0.1, 0.15) is 31.7 Å². The fraction of sp³-hybridized carbons (Fsp3) is 0.122. The molecule has 0 aromatic heterocycles. The Morgan fingerprint density at radius 2 is 1.14 bits per heavy atom. The van der Waals surface area contributed by atoms with Gasteiger partial charge in [0.25, 0.3) is 0 Å². The van der Waals surface area contributed by atoms with Crippen molar-refractivity contribution in [1.82, 2.24) is 0 Å². The van der Waals surface area contributed by atoms with E-state index in [1.807, 2.05) is 12.4 Å². The lowest BCUT2D eigenvalue weighted by Crippen LogP contribution is -2.15. The largest absolute Gasteiger partial charge is 0.269 e. The highest BCUT2D eigenvalue weighted by Crippen LogP contribution is 2.44. The predicted molar refractivity (Wildman–Crippen MR) is 185 cm³/mol. The summed E-state index contributed by atoms with van der Waals surface area (Å²) in [6.07, 6.45) is 9.03. The first kappa shape index (κ1) is 25.6. The summed E-state index contributed by atoms with van der Waals surface area (Å²) in [6, 6.07) is 42.4. The maximum atomic E-state index is 4.89. The standard InChI is InChI=1S/C41H32N2/c1-27-22-23-42-26-38(27)39-21-20-33(25-43-39)29-14-17-30(18-15-29)40-34-10-4-6-12-36(34)41(37-13-7-5-11-35(37)40)32-19-16-28-8-2-3-9-31(28)24-32/h2-19,23-27H,20-22H2,1H3. The van der Waals surface area contributed by atoms with Crippen LogP contribution in [0.5, 0.6) is 0 Å². The molecule has 206 valence electrons. The van der Waals surface area contributed by atoms with Crippen molar-refractivity contribution in [3.63, 3.8) is 0 Å². The minimum Gasteiger partial charge on any atom is -0.269 e. The number of hydrogen-bond acceptors (Lipinski definition) is 2. The van der Waals surface area contributed by atoms with Crippen molar-refractivity contribution in [2.75, 3.05) is 0 Å². The molecule has 0 amide bonds. The lowest BCUT2D eigenvalue weighted by Gasteiger charge is -2.21. The summed E-state index contributed by atoms with van der Waals surface area (Å²) in [5.74, 6) is 0.489. The summed E-state index contributed by atoms with van der Waals surface area (Å²) in [4.78, 5) is 9.28. The van der Waals surface area contributed by atoms with E-state index in [0.29, 0.717) is 5.92 Å². The third-order valence-corrected chi connectivity index (χ3v) is 9.16. The second kappa shape index (κ2) is 10.6. The van der Waals surface area contributed by atoms with Crippen molar-refractivity contribution in [1.29, 1.82) is 0 Å². The van der Waals surface area contributed by atoms with Gasteiger partial charge < -0.3 is 0 Å². The Morgan fingerprint density at radius 1 is 0.558 bits per heavy atom. The first-order chi connectivity index (χ1) is 21.2. The molecule has 6 aromatic rings. The molecule has 1 atom stereocenters. The molecule has 0 N–H and O–H groups in total. The van der Waals surface area contributed by atoms with E-state index in [1.165, 1.54) is 77.0 Å². The predicted octanol–water partition coefficient (Wildman–Crippen LogP) is 11.1. The summed E-state index contributed by atoms with van der Waals surface area (Å²) in [6.45, 7) is 2.26. The monoisotopic (exact) mass is 552 g/mol. The number of fused-ring (bicyclic) bond motifs is 3. The van der Waals surface area contributed by atoms with Crippen molar-refractivity contribution >= 4 is 49.8 Å². The number of nitrogens with zero attached hydrogens (tertiary/aromatic N) is 2. The van der Waals surface area contributed by atoms with Crippen molar-refractivity contribution in [3.8, 4) is 22.3 Å². The van der Waals surface area contributed by atoms with E-state index in [2.05, 4.69) is 133 Å². The van der Waals surface area contributed by atoms with Gasteiger partial charge in [-0.1, -0.05) is 116 Å². The summed E-state index contributed by atoms with van der Waals surface area (Å²) >= 11 is 0. The Balaban J connectivity index is 1.23. The summed E-state index contributed by atoms with van der Waals surface area (Å²) in [7, 11) is 0. The van der Waals surface area contributed by atoms with Crippen molar-refractivity contribution in [2.45, 2.75) is 26.2 Å². The Labute approximate surface area is 252 Å². The average Bonchev–Trinajstić information content (AvgIpc) is 3.07. The van der Waals surface area contributed by atoms with Crippen LogP contribution >= 0.6 is 0 Å². The van der Waals surface area contributed by atoms with E-state index < -0.39 is 0 Å². The Morgan fingerprint density at radius 3 is 1.77 bits per heavy atom. The van der Waals surface area contributed by atoms with E-state index in [1.54, 1.807) is 0 Å². The first-order valence-corrected chi connectivity index (χ1v) is 15.3. The first-order valence-electron chi connectivity index (χ1n) is 15.3. The Kier molecular flexibility index (Phi) is 6.34. The van der Waals surface area contributed by atoms with Gasteiger partial charge in [0.1, 0.15) is 0 Å². The number of aliphatic imine (C=N–C) groups is 2. The molecular weight excluding hydrogens is 520 g/mol. The molecule has 2 heteroatoms. The maximum Gasteiger partial charge on any atom is 0.0457 e. The molecule has 1 unspecified atom stereocenters. The Hall–Kier alpha value is -5.08. The molecule has 0 fully saturated rings. The van der Waals surface area contributed by atoms with Crippen LogP contribution in [0.4, 0.5) is 0 Å². The van der Waals surface area contributed by atoms with Gasteiger partial charge in [-0.05, 0) is 103 Å². The van der Waals surface area contributed by atoms with Crippen LogP contribution < -0.4 is 0 Å². The van der Waals surface area contributed by atoms with Crippen LogP contribution in [-0.4, -0.2) is 11.9 Å². The van der Waals surface area contributed by atoms with Crippen LogP contribution in [0.15, 0.2) is 143 Å². The third-order valence-electron chi connectivity index (χ3n) is 9.16. The fourth-order valence-corrected chi connectivity index (χ4v) is 6.89. The smallest absolute Gasteiger partial charge is 0.0457 e. The number of hydrogen-bond donors (Lipinski definition) is 0. The highest BCUT2D eigenvalue weighted by molar-refractivity contribution is 6.21. The molecule has 2 nitrogen and oxygen atoms in total. The normalized spacial score (nSPS) is 16.8. The molecule has 0 saturated heterocycles. The molecule has 0 radical (unpaired) electrons. The van der Waals surface area contributed by atoms with Gasteiger partial charge in [0.15, 0.2) is 0 Å². The number of benzene rings is 6. The summed E-state index contributed by atoms with van der Waals surface area (Å²) in [5.41, 5.74) is 10.1. The maximum absolute atomic E-state index is 4.89. The molecule has 0 aliphatic carbocycles. The third kappa shape index (κ3) is 4.51. The SMILES string of the molecule is CC1CC=NC=C1C1=NC=C(c2ccc(-c3c4ccccc4c(-c4ccc5ccccc5c4)c4ccccc34)cc2)CC1. The molecule has 2 aliphatic rings. The zero-order valence-electron chi connectivity index (χ0n) is 24.3. The van der Waals surface area contributed by atoms with Crippen LogP contribution in [0, 0.1) is 5.92 Å². The minimum atomic E-state index is 0.489. The van der Waals surface area contributed by atoms with E-state index in [0.717, 1.165) is 19.3 Å². The van der Waals surface area contributed by atoms with Gasteiger partial charge in [-0.25, -0.2) is 0 Å². The summed E-state index contributed by atoms with van der Waals surface area (Å²) < 4.78 is 0. The van der Waals surface area contributed by atoms with Crippen LogP contribution in [-0.2, 0) is 0 Å². The minimum absolute atomic E-state index is 0.489. The van der Waals surface area contributed by atoms with Gasteiger partial charge in [0.2, 0.25) is 0 Å². The molecule has 2 aliphatic heterocycles. The molecule has 43 heavy (non-hydrogen) atoms. The Bertz CT molecular complexity index is 2100. The molecule has 0 bridgehead atoms. The summed E-state index contributed by atoms with van der Waals surface area (Å²) in [5, 5.41) is 7.65. The van der Waals surface area contributed by atoms with Crippen LogP contribution in [0.25, 0.3) is 60.1 Å². The second-order valence-corrected chi connectivity index (χ2v) is 11.8. The van der Waals surface area contributed by atoms with E-state index in [-0.39, 0.29) is 0 Å². The van der Waals surface area contributed by atoms with Gasteiger partial charge in [0.05, 0.1) is 0 Å². The molecule has 0 saturated carbocycles. The zero-order chi connectivity index (χ0) is 28.8. The molecule has 2 heterocycles. The quantitative estimate of drug-likeness (QED) is 0.194. The molecule has 6 aromatic carbocycles. The molecular formula is C41H32N2. The van der Waals surface area contributed by atoms with Gasteiger partial charge in [-0.2, -0.15) is 0 Å². The van der Waals surface area contributed by atoms with E-state index in [9.17, 15) is 0 Å². The lowest BCUT2D eigenvalue weighted by molar-refractivity contribution is 0.734. The van der Waals surface area contributed by atoms with Gasteiger partial charge in [-0.15, -0.1) is 0 Å². The van der Waals surface area contributed by atoms with Crippen molar-refractivity contribution in [3.05, 3.63) is 139 Å².